The topological polar surface area (TPSA) is 57.6 Å². The lowest BCUT2D eigenvalue weighted by Crippen LogP contribution is -2.44. The van der Waals surface area contributed by atoms with Crippen molar-refractivity contribution >= 4 is 11.9 Å². The van der Waals surface area contributed by atoms with E-state index in [4.69, 9.17) is 0 Å². The van der Waals surface area contributed by atoms with Gasteiger partial charge in [-0.3, -0.25) is 4.79 Å². The van der Waals surface area contributed by atoms with Crippen LogP contribution in [0.1, 0.15) is 50.0 Å². The molecule has 2 fully saturated rings. The van der Waals surface area contributed by atoms with Crippen LogP contribution in [0.2, 0.25) is 0 Å². The molecule has 3 rings (SSSR count). The van der Waals surface area contributed by atoms with Crippen molar-refractivity contribution in [3.05, 3.63) is 35.9 Å². The number of carbonyl (C=O) groups excluding carboxylic acids is 1. The Hall–Kier alpha value is -1.84. The molecule has 1 heterocycles. The minimum absolute atomic E-state index is 0.0138. The Morgan fingerprint density at radius 3 is 2.32 bits per heavy atom. The summed E-state index contributed by atoms with van der Waals surface area (Å²) < 4.78 is 0. The summed E-state index contributed by atoms with van der Waals surface area (Å²) in [6.45, 7) is 0.606. The summed E-state index contributed by atoms with van der Waals surface area (Å²) in [4.78, 5) is 25.5. The van der Waals surface area contributed by atoms with Crippen LogP contribution in [0.3, 0.4) is 0 Å². The molecule has 1 saturated heterocycles. The molecule has 0 spiro atoms. The lowest BCUT2D eigenvalue weighted by atomic mass is 9.78. The van der Waals surface area contributed by atoms with E-state index in [-0.39, 0.29) is 11.8 Å². The Balaban J connectivity index is 1.59. The zero-order valence-corrected chi connectivity index (χ0v) is 12.8. The first kappa shape index (κ1) is 15.1. The van der Waals surface area contributed by atoms with E-state index >= 15 is 0 Å². The summed E-state index contributed by atoms with van der Waals surface area (Å²) in [6.07, 6.45) is 5.20. The maximum Gasteiger partial charge on any atom is 0.326 e. The van der Waals surface area contributed by atoms with Crippen molar-refractivity contribution in [3.63, 3.8) is 0 Å². The quantitative estimate of drug-likeness (QED) is 0.933. The van der Waals surface area contributed by atoms with Gasteiger partial charge in [0.25, 0.3) is 0 Å². The number of hydrogen-bond donors (Lipinski definition) is 1. The van der Waals surface area contributed by atoms with Crippen LogP contribution in [-0.2, 0) is 9.59 Å². The minimum atomic E-state index is -0.858. The Morgan fingerprint density at radius 1 is 1.00 bits per heavy atom. The van der Waals surface area contributed by atoms with Gasteiger partial charge in [0.1, 0.15) is 6.04 Å². The van der Waals surface area contributed by atoms with Gasteiger partial charge in [0.05, 0.1) is 0 Å². The molecule has 1 N–H and O–H groups in total. The highest BCUT2D eigenvalue weighted by Crippen LogP contribution is 2.37. The molecule has 2 aliphatic rings. The number of carboxylic acids is 1. The Bertz CT molecular complexity index is 535. The van der Waals surface area contributed by atoms with Crippen molar-refractivity contribution in [1.82, 2.24) is 4.90 Å². The molecular formula is C18H23NO3. The number of aliphatic carboxylic acids is 1. The molecule has 1 saturated carbocycles. The van der Waals surface area contributed by atoms with Gasteiger partial charge in [0.15, 0.2) is 0 Å². The van der Waals surface area contributed by atoms with E-state index in [1.807, 2.05) is 6.07 Å². The van der Waals surface area contributed by atoms with Crippen LogP contribution in [0, 0.1) is 5.92 Å². The molecule has 22 heavy (non-hydrogen) atoms. The molecule has 1 aromatic rings. The normalized spacial score (nSPS) is 28.5. The van der Waals surface area contributed by atoms with E-state index in [1.165, 1.54) is 5.56 Å². The van der Waals surface area contributed by atoms with Crippen molar-refractivity contribution in [2.24, 2.45) is 5.92 Å². The molecule has 0 bridgehead atoms. The lowest BCUT2D eigenvalue weighted by Gasteiger charge is -2.32. The summed E-state index contributed by atoms with van der Waals surface area (Å²) in [5, 5.41) is 9.23. The maximum atomic E-state index is 12.6. The lowest BCUT2D eigenvalue weighted by molar-refractivity contribution is -0.150. The largest absolute Gasteiger partial charge is 0.480 e. The Morgan fingerprint density at radius 2 is 1.68 bits per heavy atom. The first-order valence-electron chi connectivity index (χ1n) is 8.25. The summed E-state index contributed by atoms with van der Waals surface area (Å²) in [5.74, 6) is -0.237. The van der Waals surface area contributed by atoms with Crippen molar-refractivity contribution in [2.75, 3.05) is 6.54 Å². The number of amides is 1. The van der Waals surface area contributed by atoms with E-state index in [0.717, 1.165) is 32.1 Å². The van der Waals surface area contributed by atoms with Crippen molar-refractivity contribution < 1.29 is 14.7 Å². The summed E-state index contributed by atoms with van der Waals surface area (Å²) in [6, 6.07) is 9.88. The van der Waals surface area contributed by atoms with Gasteiger partial charge in [-0.2, -0.15) is 0 Å². The number of rotatable bonds is 3. The van der Waals surface area contributed by atoms with E-state index in [9.17, 15) is 14.7 Å². The molecule has 118 valence electrons. The predicted molar refractivity (Wildman–Crippen MR) is 83.5 cm³/mol. The van der Waals surface area contributed by atoms with Gasteiger partial charge in [-0.1, -0.05) is 30.3 Å². The van der Waals surface area contributed by atoms with Gasteiger partial charge < -0.3 is 10.0 Å². The smallest absolute Gasteiger partial charge is 0.326 e. The molecule has 1 aliphatic carbocycles. The molecule has 1 aromatic carbocycles. The SMILES string of the molecule is O=C(O)[C@H]1CCCN1C(=O)C1CCC(c2ccccc2)CC1. The molecule has 4 heteroatoms. The highest BCUT2D eigenvalue weighted by atomic mass is 16.4. The molecule has 1 amide bonds. The van der Waals surface area contributed by atoms with Crippen LogP contribution < -0.4 is 0 Å². The third-order valence-corrected chi connectivity index (χ3v) is 5.17. The molecule has 0 aromatic heterocycles. The van der Waals surface area contributed by atoms with E-state index in [0.29, 0.717) is 18.9 Å². The monoisotopic (exact) mass is 301 g/mol. The molecule has 1 aliphatic heterocycles. The zero-order valence-electron chi connectivity index (χ0n) is 12.8. The van der Waals surface area contributed by atoms with Gasteiger partial charge in [-0.05, 0) is 50.0 Å². The van der Waals surface area contributed by atoms with Crippen molar-refractivity contribution in [3.8, 4) is 0 Å². The molecular weight excluding hydrogens is 278 g/mol. The summed E-state index contributed by atoms with van der Waals surface area (Å²) >= 11 is 0. The second-order valence-electron chi connectivity index (χ2n) is 6.49. The van der Waals surface area contributed by atoms with Crippen LogP contribution >= 0.6 is 0 Å². The molecule has 0 radical (unpaired) electrons. The number of hydrogen-bond acceptors (Lipinski definition) is 2. The molecule has 4 nitrogen and oxygen atoms in total. The molecule has 1 atom stereocenters. The van der Waals surface area contributed by atoms with Gasteiger partial charge in [0, 0.05) is 12.5 Å². The number of benzene rings is 1. The highest BCUT2D eigenvalue weighted by Gasteiger charge is 2.38. The predicted octanol–water partition coefficient (Wildman–Crippen LogP) is 3.04. The van der Waals surface area contributed by atoms with Gasteiger partial charge >= 0.3 is 5.97 Å². The molecule has 0 unspecified atom stereocenters. The highest BCUT2D eigenvalue weighted by molar-refractivity contribution is 5.85. The van der Waals surface area contributed by atoms with Crippen LogP contribution in [0.5, 0.6) is 0 Å². The maximum absolute atomic E-state index is 12.6. The second kappa shape index (κ2) is 6.51. The number of nitrogens with zero attached hydrogens (tertiary/aromatic N) is 1. The fourth-order valence-corrected chi connectivity index (χ4v) is 3.92. The third kappa shape index (κ3) is 3.01. The third-order valence-electron chi connectivity index (χ3n) is 5.17. The van der Waals surface area contributed by atoms with Crippen LogP contribution in [0.4, 0.5) is 0 Å². The van der Waals surface area contributed by atoms with E-state index < -0.39 is 12.0 Å². The fraction of sp³-hybridized carbons (Fsp3) is 0.556. The number of carboxylic acid groups (broad SMARTS) is 1. The van der Waals surface area contributed by atoms with Crippen LogP contribution in [-0.4, -0.2) is 34.5 Å². The number of likely N-dealkylation sites (tertiary alicyclic amines) is 1. The Kier molecular flexibility index (Phi) is 4.46. The number of carbonyl (C=O) groups is 2. The second-order valence-corrected chi connectivity index (χ2v) is 6.49. The van der Waals surface area contributed by atoms with Crippen molar-refractivity contribution in [2.45, 2.75) is 50.5 Å². The van der Waals surface area contributed by atoms with E-state index in [1.54, 1.807) is 4.90 Å². The summed E-state index contributed by atoms with van der Waals surface area (Å²) in [7, 11) is 0. The Labute approximate surface area is 131 Å². The van der Waals surface area contributed by atoms with E-state index in [2.05, 4.69) is 24.3 Å². The minimum Gasteiger partial charge on any atom is -0.480 e. The average molecular weight is 301 g/mol. The average Bonchev–Trinajstić information content (AvgIpc) is 3.05. The first-order chi connectivity index (χ1) is 10.7. The van der Waals surface area contributed by atoms with Crippen LogP contribution in [0.25, 0.3) is 0 Å². The van der Waals surface area contributed by atoms with Crippen molar-refractivity contribution in [1.29, 1.82) is 0 Å². The zero-order chi connectivity index (χ0) is 15.5. The van der Waals surface area contributed by atoms with Gasteiger partial charge in [-0.25, -0.2) is 4.79 Å². The van der Waals surface area contributed by atoms with Crippen LogP contribution in [0.15, 0.2) is 30.3 Å². The standard InChI is InChI=1S/C18H23NO3/c20-17(19-12-4-7-16(19)18(21)22)15-10-8-14(9-11-15)13-5-2-1-3-6-13/h1-3,5-6,14-16H,4,7-12H2,(H,21,22)/t14?,15?,16-/m1/s1. The van der Waals surface area contributed by atoms with Gasteiger partial charge in [-0.15, -0.1) is 0 Å². The van der Waals surface area contributed by atoms with Gasteiger partial charge in [0.2, 0.25) is 5.91 Å². The summed E-state index contributed by atoms with van der Waals surface area (Å²) in [5.41, 5.74) is 1.36. The first-order valence-corrected chi connectivity index (χ1v) is 8.25. The fourth-order valence-electron chi connectivity index (χ4n) is 3.92.